The van der Waals surface area contributed by atoms with Crippen LogP contribution in [0.1, 0.15) is 23.5 Å². The first-order chi connectivity index (χ1) is 16.1. The molecule has 0 aliphatic carbocycles. The molecule has 34 heavy (non-hydrogen) atoms. The van der Waals surface area contributed by atoms with Gasteiger partial charge in [0.15, 0.2) is 5.43 Å². The zero-order valence-electron chi connectivity index (χ0n) is 18.7. The number of halogens is 4. The molecule has 10 heteroatoms. The third-order valence-electron chi connectivity index (χ3n) is 6.35. The molecule has 0 saturated carbocycles. The SMILES string of the molecule is COc1cc(OC)c2c(=O)cc(-c3ccc(C(F)(F)F)cc3Cl)oc2c1C1CCN(C)C1CO. The maximum atomic E-state index is 13.2. The van der Waals surface area contributed by atoms with Crippen molar-refractivity contribution in [1.82, 2.24) is 4.90 Å². The predicted molar refractivity (Wildman–Crippen MR) is 122 cm³/mol. The highest BCUT2D eigenvalue weighted by Gasteiger charge is 2.37. The second-order valence-corrected chi connectivity index (χ2v) is 8.60. The molecule has 4 rings (SSSR count). The number of alkyl halides is 3. The van der Waals surface area contributed by atoms with Crippen molar-refractivity contribution in [3.05, 3.63) is 56.7 Å². The van der Waals surface area contributed by atoms with Gasteiger partial charge in [-0.2, -0.15) is 13.2 Å². The number of hydrogen-bond donors (Lipinski definition) is 1. The van der Waals surface area contributed by atoms with Gasteiger partial charge in [0.25, 0.3) is 0 Å². The van der Waals surface area contributed by atoms with Crippen molar-refractivity contribution in [2.45, 2.75) is 24.6 Å². The molecule has 1 aliphatic heterocycles. The van der Waals surface area contributed by atoms with Crippen molar-refractivity contribution in [2.24, 2.45) is 0 Å². The Morgan fingerprint density at radius 3 is 2.47 bits per heavy atom. The average Bonchev–Trinajstić information content (AvgIpc) is 3.16. The van der Waals surface area contributed by atoms with Gasteiger partial charge in [-0.3, -0.25) is 4.79 Å². The van der Waals surface area contributed by atoms with Crippen molar-refractivity contribution < 1.29 is 32.2 Å². The van der Waals surface area contributed by atoms with Crippen molar-refractivity contribution in [1.29, 1.82) is 0 Å². The van der Waals surface area contributed by atoms with Crippen LogP contribution in [-0.2, 0) is 6.18 Å². The highest BCUT2D eigenvalue weighted by atomic mass is 35.5. The summed E-state index contributed by atoms with van der Waals surface area (Å²) in [5, 5.41) is 9.98. The topological polar surface area (TPSA) is 72.1 Å². The van der Waals surface area contributed by atoms with E-state index in [-0.39, 0.29) is 51.6 Å². The van der Waals surface area contributed by atoms with Gasteiger partial charge in [-0.25, -0.2) is 0 Å². The molecule has 1 aromatic heterocycles. The van der Waals surface area contributed by atoms with Crippen LogP contribution < -0.4 is 14.9 Å². The first-order valence-electron chi connectivity index (χ1n) is 10.5. The molecule has 1 fully saturated rings. The molecular weight excluding hydrogens is 475 g/mol. The molecule has 2 atom stereocenters. The quantitative estimate of drug-likeness (QED) is 0.539. The maximum Gasteiger partial charge on any atom is 0.416 e. The van der Waals surface area contributed by atoms with Gasteiger partial charge in [-0.1, -0.05) is 11.6 Å². The summed E-state index contributed by atoms with van der Waals surface area (Å²) in [6.45, 7) is 0.591. The summed E-state index contributed by atoms with van der Waals surface area (Å²) in [5.41, 5.74) is -0.436. The van der Waals surface area contributed by atoms with Crippen molar-refractivity contribution in [2.75, 3.05) is 34.4 Å². The summed E-state index contributed by atoms with van der Waals surface area (Å²) in [6, 6.07) is 5.39. The minimum absolute atomic E-state index is 0.0136. The third-order valence-corrected chi connectivity index (χ3v) is 6.66. The van der Waals surface area contributed by atoms with Gasteiger partial charge in [-0.05, 0) is 38.2 Å². The Morgan fingerprint density at radius 2 is 1.88 bits per heavy atom. The van der Waals surface area contributed by atoms with Crippen molar-refractivity contribution >= 4 is 22.6 Å². The normalized spacial score (nSPS) is 19.1. The van der Waals surface area contributed by atoms with Crippen LogP contribution in [0.4, 0.5) is 13.2 Å². The van der Waals surface area contributed by atoms with Crippen LogP contribution in [0.3, 0.4) is 0 Å². The van der Waals surface area contributed by atoms with E-state index in [0.29, 0.717) is 24.3 Å². The molecule has 182 valence electrons. The summed E-state index contributed by atoms with van der Waals surface area (Å²) < 4.78 is 56.4. The zero-order valence-corrected chi connectivity index (χ0v) is 19.5. The number of ether oxygens (including phenoxy) is 2. The second-order valence-electron chi connectivity index (χ2n) is 8.19. The lowest BCUT2D eigenvalue weighted by Crippen LogP contribution is -2.32. The number of likely N-dealkylation sites (N-methyl/N-ethyl adjacent to an activating group) is 1. The number of likely N-dealkylation sites (tertiary alicyclic amines) is 1. The summed E-state index contributed by atoms with van der Waals surface area (Å²) >= 11 is 6.17. The molecule has 2 unspecified atom stereocenters. The van der Waals surface area contributed by atoms with Crippen LogP contribution in [0.15, 0.2) is 39.5 Å². The van der Waals surface area contributed by atoms with Gasteiger partial charge in [0, 0.05) is 35.2 Å². The highest BCUT2D eigenvalue weighted by molar-refractivity contribution is 6.33. The van der Waals surface area contributed by atoms with Crippen molar-refractivity contribution in [3.8, 4) is 22.8 Å². The Labute approximate surface area is 198 Å². The van der Waals surface area contributed by atoms with Crippen LogP contribution in [0, 0.1) is 0 Å². The number of rotatable bonds is 5. The predicted octanol–water partition coefficient (Wildman–Crippen LogP) is 4.93. The number of fused-ring (bicyclic) bond motifs is 1. The second kappa shape index (κ2) is 9.13. The average molecular weight is 498 g/mol. The Hall–Kier alpha value is -2.75. The fourth-order valence-corrected chi connectivity index (χ4v) is 4.89. The monoisotopic (exact) mass is 497 g/mol. The van der Waals surface area contributed by atoms with E-state index in [1.807, 2.05) is 11.9 Å². The molecule has 0 spiro atoms. The number of aliphatic hydroxyl groups excluding tert-OH is 1. The minimum atomic E-state index is -4.56. The van der Waals surface area contributed by atoms with Crippen LogP contribution in [0.2, 0.25) is 5.02 Å². The third kappa shape index (κ3) is 4.12. The van der Waals surface area contributed by atoms with Crippen LogP contribution in [0.5, 0.6) is 11.5 Å². The van der Waals surface area contributed by atoms with Gasteiger partial charge in [-0.15, -0.1) is 0 Å². The van der Waals surface area contributed by atoms with E-state index in [1.165, 1.54) is 26.4 Å². The number of hydrogen-bond acceptors (Lipinski definition) is 6. The lowest BCUT2D eigenvalue weighted by atomic mass is 9.89. The molecule has 6 nitrogen and oxygen atoms in total. The first kappa shape index (κ1) is 24.4. The standard InChI is InChI=1S/C24H23ClF3NO5/c1-29-7-6-14(16(29)11-30)21-19(32-2)10-20(33-3)22-17(31)9-18(34-23(21)22)13-5-4-12(8-15(13)25)24(26,27)28/h4-5,8-10,14,16,30H,6-7,11H2,1-3H3. The summed E-state index contributed by atoms with van der Waals surface area (Å²) in [4.78, 5) is 15.2. The molecule has 2 aromatic carbocycles. The largest absolute Gasteiger partial charge is 0.496 e. The van der Waals surface area contributed by atoms with E-state index < -0.39 is 17.2 Å². The molecule has 2 heterocycles. The fourth-order valence-electron chi connectivity index (χ4n) is 4.61. The van der Waals surface area contributed by atoms with Crippen molar-refractivity contribution in [3.63, 3.8) is 0 Å². The van der Waals surface area contributed by atoms with E-state index in [0.717, 1.165) is 12.1 Å². The smallest absolute Gasteiger partial charge is 0.416 e. The number of benzene rings is 2. The summed E-state index contributed by atoms with van der Waals surface area (Å²) in [7, 11) is 4.78. The molecule has 0 bridgehead atoms. The Balaban J connectivity index is 2.01. The minimum Gasteiger partial charge on any atom is -0.496 e. The summed E-state index contributed by atoms with van der Waals surface area (Å²) in [5.74, 6) is 0.447. The fraction of sp³-hybridized carbons (Fsp3) is 0.375. The molecule has 1 saturated heterocycles. The van der Waals surface area contributed by atoms with E-state index in [9.17, 15) is 23.1 Å². The van der Waals surface area contributed by atoms with Gasteiger partial charge in [0.2, 0.25) is 0 Å². The van der Waals surface area contributed by atoms with E-state index >= 15 is 0 Å². The Bertz CT molecular complexity index is 1290. The van der Waals surface area contributed by atoms with Gasteiger partial charge < -0.3 is 23.9 Å². The molecule has 0 amide bonds. The molecule has 1 aliphatic rings. The van der Waals surface area contributed by atoms with Gasteiger partial charge in [0.05, 0.1) is 31.4 Å². The number of aliphatic hydroxyl groups is 1. The molecule has 3 aromatic rings. The summed E-state index contributed by atoms with van der Waals surface area (Å²) in [6.07, 6.45) is -3.89. The van der Waals surface area contributed by atoms with Crippen LogP contribution in [0.25, 0.3) is 22.3 Å². The maximum absolute atomic E-state index is 13.2. The van der Waals surface area contributed by atoms with E-state index in [4.69, 9.17) is 25.5 Å². The van der Waals surface area contributed by atoms with Crippen LogP contribution in [-0.4, -0.2) is 50.5 Å². The highest BCUT2D eigenvalue weighted by Crippen LogP contribution is 2.45. The zero-order chi connectivity index (χ0) is 24.8. The lowest BCUT2D eigenvalue weighted by Gasteiger charge is -2.25. The van der Waals surface area contributed by atoms with Gasteiger partial charge in [0.1, 0.15) is 28.2 Å². The van der Waals surface area contributed by atoms with E-state index in [2.05, 4.69) is 0 Å². The van der Waals surface area contributed by atoms with Gasteiger partial charge >= 0.3 is 6.18 Å². The van der Waals surface area contributed by atoms with Crippen LogP contribution >= 0.6 is 11.6 Å². The Kier molecular flexibility index (Phi) is 6.54. The number of methoxy groups -OCH3 is 2. The molecular formula is C24H23ClF3NO5. The van der Waals surface area contributed by atoms with E-state index in [1.54, 1.807) is 6.07 Å². The molecule has 0 radical (unpaired) electrons. The number of nitrogens with zero attached hydrogens (tertiary/aromatic N) is 1. The molecule has 1 N–H and O–H groups in total. The lowest BCUT2D eigenvalue weighted by molar-refractivity contribution is -0.137. The Morgan fingerprint density at radius 1 is 1.18 bits per heavy atom. The first-order valence-corrected chi connectivity index (χ1v) is 10.9.